The molecule has 28 heavy (non-hydrogen) atoms. The number of pyridine rings is 1. The normalized spacial score (nSPS) is 18.6. The Kier molecular flexibility index (Phi) is 11.6. The molecule has 0 amide bonds. The van der Waals surface area contributed by atoms with Gasteiger partial charge in [0.2, 0.25) is 0 Å². The van der Waals surface area contributed by atoms with E-state index in [-0.39, 0.29) is 4.75 Å². The number of ketones is 1. The van der Waals surface area contributed by atoms with Crippen molar-refractivity contribution in [1.29, 1.82) is 0 Å². The van der Waals surface area contributed by atoms with E-state index in [2.05, 4.69) is 18.8 Å². The maximum absolute atomic E-state index is 13.0. The minimum absolute atomic E-state index is 0.0845. The number of hydrogen-bond donors (Lipinski definition) is 0. The van der Waals surface area contributed by atoms with Gasteiger partial charge in [0.1, 0.15) is 10.8 Å². The molecule has 0 N–H and O–H groups in total. The van der Waals surface area contributed by atoms with Gasteiger partial charge in [0, 0.05) is 23.3 Å². The Balaban J connectivity index is 1.77. The van der Waals surface area contributed by atoms with Gasteiger partial charge in [-0.25, -0.2) is 4.98 Å². The Morgan fingerprint density at radius 3 is 2.07 bits per heavy atom. The highest BCUT2D eigenvalue weighted by molar-refractivity contribution is 8.77. The first-order valence-electron chi connectivity index (χ1n) is 11.4. The highest BCUT2D eigenvalue weighted by atomic mass is 33.1. The molecule has 4 heteroatoms. The van der Waals surface area contributed by atoms with E-state index in [1.165, 1.54) is 64.2 Å². The monoisotopic (exact) mass is 421 g/mol. The minimum atomic E-state index is 0.0845. The number of rotatable bonds is 7. The summed E-state index contributed by atoms with van der Waals surface area (Å²) in [4.78, 5) is 17.4. The topological polar surface area (TPSA) is 30.0 Å². The summed E-state index contributed by atoms with van der Waals surface area (Å²) < 4.78 is 0.0845. The molecular weight excluding hydrogens is 382 g/mol. The third-order valence-corrected chi connectivity index (χ3v) is 9.04. The summed E-state index contributed by atoms with van der Waals surface area (Å²) in [6.07, 6.45) is 19.2. The van der Waals surface area contributed by atoms with Crippen LogP contribution in [-0.2, 0) is 4.79 Å². The minimum Gasteiger partial charge on any atom is -0.299 e. The van der Waals surface area contributed by atoms with Gasteiger partial charge in [-0.1, -0.05) is 81.1 Å². The number of hydrogen-bond acceptors (Lipinski definition) is 4. The molecule has 0 radical (unpaired) electrons. The van der Waals surface area contributed by atoms with Crippen LogP contribution in [0.2, 0.25) is 0 Å². The van der Waals surface area contributed by atoms with Crippen molar-refractivity contribution < 1.29 is 4.79 Å². The summed E-state index contributed by atoms with van der Waals surface area (Å²) in [6.45, 7) is 4.51. The molecule has 1 fully saturated rings. The number of nitrogens with zero attached hydrogens (tertiary/aromatic N) is 1. The Hall–Kier alpha value is -0.480. The quantitative estimate of drug-likeness (QED) is 0.414. The number of carbonyl (C=O) groups is 1. The van der Waals surface area contributed by atoms with Crippen LogP contribution in [0.1, 0.15) is 104 Å². The van der Waals surface area contributed by atoms with E-state index >= 15 is 0 Å². The van der Waals surface area contributed by atoms with Crippen molar-refractivity contribution in [3.8, 4) is 0 Å². The fourth-order valence-corrected chi connectivity index (χ4v) is 6.10. The highest BCUT2D eigenvalue weighted by Gasteiger charge is 2.24. The van der Waals surface area contributed by atoms with Crippen molar-refractivity contribution >= 4 is 27.4 Å². The Labute approximate surface area is 180 Å². The molecule has 1 aliphatic carbocycles. The third kappa shape index (κ3) is 10.3. The zero-order valence-corrected chi connectivity index (χ0v) is 19.6. The van der Waals surface area contributed by atoms with Gasteiger partial charge in [0.05, 0.1) is 0 Å². The average molecular weight is 422 g/mol. The molecule has 1 aromatic heterocycles. The van der Waals surface area contributed by atoms with Crippen LogP contribution < -0.4 is 0 Å². The second kappa shape index (κ2) is 13.7. The second-order valence-corrected chi connectivity index (χ2v) is 11.7. The fourth-order valence-electron chi connectivity index (χ4n) is 3.88. The van der Waals surface area contributed by atoms with Crippen LogP contribution in [0, 0.1) is 5.92 Å². The van der Waals surface area contributed by atoms with Crippen LogP contribution in [0.4, 0.5) is 0 Å². The van der Waals surface area contributed by atoms with Crippen molar-refractivity contribution in [2.24, 2.45) is 5.92 Å². The molecule has 0 bridgehead atoms. The van der Waals surface area contributed by atoms with Gasteiger partial charge in [-0.3, -0.25) is 4.79 Å². The van der Waals surface area contributed by atoms with Crippen LogP contribution in [0.15, 0.2) is 29.4 Å². The Morgan fingerprint density at radius 1 is 0.964 bits per heavy atom. The maximum atomic E-state index is 13.0. The van der Waals surface area contributed by atoms with Gasteiger partial charge in [-0.15, -0.1) is 0 Å². The predicted molar refractivity (Wildman–Crippen MR) is 125 cm³/mol. The summed E-state index contributed by atoms with van der Waals surface area (Å²) in [7, 11) is 3.57. The van der Waals surface area contributed by atoms with E-state index < -0.39 is 0 Å². The van der Waals surface area contributed by atoms with Gasteiger partial charge in [-0.2, -0.15) is 0 Å². The summed E-state index contributed by atoms with van der Waals surface area (Å²) in [6, 6.07) is 6.02. The van der Waals surface area contributed by atoms with Gasteiger partial charge < -0.3 is 0 Å². The van der Waals surface area contributed by atoms with Gasteiger partial charge in [0.15, 0.2) is 0 Å². The molecule has 1 saturated carbocycles. The van der Waals surface area contributed by atoms with E-state index in [0.29, 0.717) is 11.7 Å². The van der Waals surface area contributed by atoms with Gasteiger partial charge >= 0.3 is 0 Å². The van der Waals surface area contributed by atoms with Gasteiger partial charge in [0.25, 0.3) is 0 Å². The zero-order chi connectivity index (χ0) is 20.1. The molecule has 0 spiro atoms. The molecular formula is C24H39NOS2. The van der Waals surface area contributed by atoms with E-state index in [9.17, 15) is 4.79 Å². The lowest BCUT2D eigenvalue weighted by atomic mass is 9.88. The van der Waals surface area contributed by atoms with Crippen molar-refractivity contribution in [1.82, 2.24) is 4.98 Å². The number of Topliss-reactive ketones (excluding diaryl/α,β-unsaturated/α-hetero) is 1. The van der Waals surface area contributed by atoms with Crippen LogP contribution in [-0.4, -0.2) is 15.5 Å². The van der Waals surface area contributed by atoms with Crippen molar-refractivity contribution in [3.05, 3.63) is 24.4 Å². The molecule has 0 aliphatic heterocycles. The molecule has 0 atom stereocenters. The maximum Gasteiger partial charge on any atom is 0.136 e. The van der Waals surface area contributed by atoms with E-state index in [0.717, 1.165) is 30.7 Å². The first-order valence-corrected chi connectivity index (χ1v) is 13.5. The van der Waals surface area contributed by atoms with Crippen molar-refractivity contribution in [2.75, 3.05) is 0 Å². The first kappa shape index (κ1) is 23.8. The van der Waals surface area contributed by atoms with Crippen molar-refractivity contribution in [2.45, 2.75) is 114 Å². The van der Waals surface area contributed by atoms with Crippen LogP contribution in [0.25, 0.3) is 0 Å². The predicted octanol–water partition coefficient (Wildman–Crippen LogP) is 8.26. The average Bonchev–Trinajstić information content (AvgIpc) is 2.73. The lowest BCUT2D eigenvalue weighted by Gasteiger charge is -2.24. The van der Waals surface area contributed by atoms with Crippen LogP contribution in [0.3, 0.4) is 0 Å². The molecule has 158 valence electrons. The fraction of sp³-hybridized carbons (Fsp3) is 0.750. The third-order valence-electron chi connectivity index (χ3n) is 5.77. The molecule has 0 saturated heterocycles. The first-order chi connectivity index (χ1) is 13.6. The molecule has 0 unspecified atom stereocenters. The SMILES string of the molecule is CC(C)(CCC(=O)C1CCCCCCCCCCCC1)SSc1ccccn1. The summed E-state index contributed by atoms with van der Waals surface area (Å²) in [5.74, 6) is 0.830. The number of aromatic nitrogens is 1. The Morgan fingerprint density at radius 2 is 1.54 bits per heavy atom. The standard InChI is InChI=1S/C24H39NOS2/c1-24(2,28-27-23-17-13-14-20-25-23)19-18-22(26)21-15-11-9-7-5-3-4-6-8-10-12-16-21/h13-14,17,20-21H,3-12,15-16,18-19H2,1-2H3. The molecule has 1 aromatic rings. The lowest BCUT2D eigenvalue weighted by molar-refractivity contribution is -0.123. The second-order valence-electron chi connectivity index (χ2n) is 8.87. The van der Waals surface area contributed by atoms with Gasteiger partial charge in [-0.05, 0) is 56.0 Å². The molecule has 2 rings (SSSR count). The molecule has 1 heterocycles. The van der Waals surface area contributed by atoms with Crippen molar-refractivity contribution in [3.63, 3.8) is 0 Å². The van der Waals surface area contributed by atoms with Crippen LogP contribution >= 0.6 is 21.6 Å². The highest BCUT2D eigenvalue weighted by Crippen LogP contribution is 2.42. The summed E-state index contributed by atoms with van der Waals surface area (Å²) in [5, 5.41) is 1.04. The smallest absolute Gasteiger partial charge is 0.136 e. The Bertz CT molecular complexity index is 533. The molecule has 0 aromatic carbocycles. The lowest BCUT2D eigenvalue weighted by Crippen LogP contribution is -2.20. The number of carbonyl (C=O) groups excluding carboxylic acids is 1. The van der Waals surface area contributed by atoms with E-state index in [1.807, 2.05) is 35.2 Å². The molecule has 1 aliphatic rings. The molecule has 2 nitrogen and oxygen atoms in total. The van der Waals surface area contributed by atoms with E-state index in [4.69, 9.17) is 0 Å². The zero-order valence-electron chi connectivity index (χ0n) is 18.0. The summed E-state index contributed by atoms with van der Waals surface area (Å²) in [5.41, 5.74) is 0. The summed E-state index contributed by atoms with van der Waals surface area (Å²) >= 11 is 0. The largest absolute Gasteiger partial charge is 0.299 e. The van der Waals surface area contributed by atoms with Crippen LogP contribution in [0.5, 0.6) is 0 Å². The van der Waals surface area contributed by atoms with E-state index in [1.54, 1.807) is 10.8 Å².